The first-order chi connectivity index (χ1) is 21.2. The normalized spacial score (nSPS) is 18.6. The number of benzene rings is 2. The van der Waals surface area contributed by atoms with Gasteiger partial charge in [-0.15, -0.1) is 0 Å². The number of hydrogen-bond acceptors (Lipinski definition) is 9. The predicted molar refractivity (Wildman–Crippen MR) is 156 cm³/mol. The van der Waals surface area contributed by atoms with Gasteiger partial charge in [-0.05, 0) is 37.1 Å². The van der Waals surface area contributed by atoms with Crippen molar-refractivity contribution in [2.24, 2.45) is 0 Å². The summed E-state index contributed by atoms with van der Waals surface area (Å²) in [5.41, 5.74) is 1.14. The minimum Gasteiger partial charge on any atom is -0.490 e. The van der Waals surface area contributed by atoms with Crippen molar-refractivity contribution in [3.8, 4) is 11.5 Å². The first-order valence-electron chi connectivity index (χ1n) is 13.6. The fourth-order valence-electron chi connectivity index (χ4n) is 4.77. The highest BCUT2D eigenvalue weighted by molar-refractivity contribution is 6.32. The second-order valence-corrected chi connectivity index (χ2v) is 11.0. The number of hydrogen-bond donors (Lipinski definition) is 5. The molecule has 2 aliphatic heterocycles. The number of nitrogens with zero attached hydrogens (tertiary/aromatic N) is 2. The number of aliphatic hydroxyl groups excluding tert-OH is 2. The van der Waals surface area contributed by atoms with Crippen molar-refractivity contribution in [2.75, 3.05) is 50.9 Å². The quantitative estimate of drug-likeness (QED) is 0.250. The number of piperidine rings is 1. The van der Waals surface area contributed by atoms with Gasteiger partial charge in [-0.3, -0.25) is 4.79 Å². The van der Waals surface area contributed by atoms with Crippen LogP contribution in [-0.4, -0.2) is 114 Å². The second kappa shape index (κ2) is 16.2. The summed E-state index contributed by atoms with van der Waals surface area (Å²) in [5.74, 6) is -3.33. The zero-order valence-electron chi connectivity index (χ0n) is 23.7. The Balaban J connectivity index is 0.000000707. The molecule has 0 aliphatic carbocycles. The number of amides is 1. The van der Waals surface area contributed by atoms with Gasteiger partial charge < -0.3 is 45.0 Å². The van der Waals surface area contributed by atoms with E-state index in [1.807, 2.05) is 9.80 Å². The van der Waals surface area contributed by atoms with Gasteiger partial charge in [0.05, 0.1) is 29.5 Å². The third-order valence-corrected chi connectivity index (χ3v) is 7.46. The molecule has 17 heteroatoms. The molecule has 2 aliphatic rings. The monoisotopic (exact) mass is 681 g/mol. The lowest BCUT2D eigenvalue weighted by atomic mass is 10.0. The van der Waals surface area contributed by atoms with E-state index in [1.54, 1.807) is 30.3 Å². The Morgan fingerprint density at radius 1 is 0.978 bits per heavy atom. The molecule has 0 radical (unpaired) electrons. The SMILES string of the molecule is O=C(O)C(F)(F)F.O=C(O)COc1cc(Cl)c(OCCO)cc1N1C[C@@H](O)[C@H](NC2CCN(C(=O)c3ccc(Cl)cc3)CC2)C1. The molecule has 2 aromatic carbocycles. The molecule has 2 aromatic rings. The average molecular weight is 682 g/mol. The lowest BCUT2D eigenvalue weighted by molar-refractivity contribution is -0.192. The van der Waals surface area contributed by atoms with Crippen LogP contribution in [0.15, 0.2) is 36.4 Å². The largest absolute Gasteiger partial charge is 0.490 e. The van der Waals surface area contributed by atoms with Gasteiger partial charge in [0.2, 0.25) is 0 Å². The summed E-state index contributed by atoms with van der Waals surface area (Å²) >= 11 is 12.2. The molecule has 45 heavy (non-hydrogen) atoms. The van der Waals surface area contributed by atoms with Crippen LogP contribution in [0.25, 0.3) is 0 Å². The van der Waals surface area contributed by atoms with Crippen LogP contribution in [0.4, 0.5) is 18.9 Å². The van der Waals surface area contributed by atoms with Gasteiger partial charge in [0.15, 0.2) is 6.61 Å². The highest BCUT2D eigenvalue weighted by Gasteiger charge is 2.38. The number of ether oxygens (including phenoxy) is 2. The van der Waals surface area contributed by atoms with Gasteiger partial charge in [-0.2, -0.15) is 13.2 Å². The number of carboxylic acids is 2. The van der Waals surface area contributed by atoms with Crippen LogP contribution in [0.1, 0.15) is 23.2 Å². The number of rotatable bonds is 10. The summed E-state index contributed by atoms with van der Waals surface area (Å²) in [6.45, 7) is 1.22. The van der Waals surface area contributed by atoms with E-state index < -0.39 is 30.8 Å². The number of carboxylic acid groups (broad SMARTS) is 2. The third kappa shape index (κ3) is 10.5. The first kappa shape index (κ1) is 36.0. The van der Waals surface area contributed by atoms with Crippen LogP contribution in [0.3, 0.4) is 0 Å². The van der Waals surface area contributed by atoms with Crippen molar-refractivity contribution < 1.29 is 57.5 Å². The van der Waals surface area contributed by atoms with E-state index in [0.29, 0.717) is 41.7 Å². The molecule has 248 valence electrons. The maximum atomic E-state index is 12.8. The number of β-amino-alcohol motifs (C(OH)–C–C–N with tert-alkyl or cyclic N) is 1. The standard InChI is InChI=1S/C26H31Cl2N3O7.C2HF3O2/c27-17-3-1-16(2-4-17)26(36)30-7-5-18(6-8-30)29-20-13-31(14-22(20)33)21-12-23(37-10-9-32)19(28)11-24(21)38-15-25(34)35;3-2(4,5)1(6)7/h1-4,11-12,18,20,22,29,32-33H,5-10,13-15H2,(H,34,35);(H,6,7)/t20-,22-;/m1./s1. The number of halogens is 5. The molecule has 2 atom stereocenters. The lowest BCUT2D eigenvalue weighted by Gasteiger charge is -2.34. The molecule has 2 saturated heterocycles. The van der Waals surface area contributed by atoms with E-state index in [9.17, 15) is 27.9 Å². The molecule has 1 amide bonds. The maximum absolute atomic E-state index is 12.8. The highest BCUT2D eigenvalue weighted by Crippen LogP contribution is 2.40. The Hall–Kier alpha value is -3.50. The Kier molecular flexibility index (Phi) is 12.9. The van der Waals surface area contributed by atoms with Crippen molar-refractivity contribution in [1.82, 2.24) is 10.2 Å². The molecule has 0 saturated carbocycles. The molecule has 4 rings (SSSR count). The number of likely N-dealkylation sites (tertiary alicyclic amines) is 1. The fourth-order valence-corrected chi connectivity index (χ4v) is 5.10. The van der Waals surface area contributed by atoms with E-state index in [0.717, 1.165) is 12.8 Å². The summed E-state index contributed by atoms with van der Waals surface area (Å²) in [6, 6.07) is 9.85. The Morgan fingerprint density at radius 3 is 2.16 bits per heavy atom. The molecule has 12 nitrogen and oxygen atoms in total. The van der Waals surface area contributed by atoms with E-state index in [-0.39, 0.29) is 48.5 Å². The van der Waals surface area contributed by atoms with Gasteiger partial charge in [0.25, 0.3) is 5.91 Å². The van der Waals surface area contributed by atoms with Crippen molar-refractivity contribution in [3.63, 3.8) is 0 Å². The molecule has 0 unspecified atom stereocenters. The molecule has 0 aromatic heterocycles. The summed E-state index contributed by atoms with van der Waals surface area (Å²) < 4.78 is 42.7. The molecule has 2 fully saturated rings. The van der Waals surface area contributed by atoms with Gasteiger partial charge in [0, 0.05) is 54.9 Å². The second-order valence-electron chi connectivity index (χ2n) is 10.1. The number of aliphatic carboxylic acids is 2. The summed E-state index contributed by atoms with van der Waals surface area (Å²) in [4.78, 5) is 36.5. The molecule has 5 N–H and O–H groups in total. The first-order valence-corrected chi connectivity index (χ1v) is 14.4. The molecule has 0 bridgehead atoms. The zero-order valence-corrected chi connectivity index (χ0v) is 25.2. The van der Waals surface area contributed by atoms with Crippen LogP contribution in [0.2, 0.25) is 10.0 Å². The Morgan fingerprint density at radius 2 is 1.60 bits per heavy atom. The number of nitrogens with one attached hydrogen (secondary N) is 1. The lowest BCUT2D eigenvalue weighted by Crippen LogP contribution is -2.50. The minimum absolute atomic E-state index is 0.0250. The van der Waals surface area contributed by atoms with Crippen LogP contribution in [-0.2, 0) is 9.59 Å². The number of aliphatic hydroxyl groups is 2. The van der Waals surface area contributed by atoms with Gasteiger partial charge in [0.1, 0.15) is 18.1 Å². The minimum atomic E-state index is -5.08. The molecule has 0 spiro atoms. The van der Waals surface area contributed by atoms with Crippen LogP contribution >= 0.6 is 23.2 Å². The van der Waals surface area contributed by atoms with Crippen molar-refractivity contribution in [2.45, 2.75) is 37.2 Å². The smallest absolute Gasteiger partial charge is 0.490 e. The van der Waals surface area contributed by atoms with E-state index in [2.05, 4.69) is 5.32 Å². The van der Waals surface area contributed by atoms with E-state index in [1.165, 1.54) is 6.07 Å². The van der Waals surface area contributed by atoms with Crippen LogP contribution < -0.4 is 19.7 Å². The summed E-state index contributed by atoms with van der Waals surface area (Å²) in [6.07, 6.45) is -4.28. The van der Waals surface area contributed by atoms with Gasteiger partial charge in [-0.25, -0.2) is 9.59 Å². The number of anilines is 1. The van der Waals surface area contributed by atoms with Crippen molar-refractivity contribution in [3.05, 3.63) is 52.0 Å². The Labute approximate surface area is 265 Å². The number of alkyl halides is 3. The van der Waals surface area contributed by atoms with Crippen molar-refractivity contribution >= 4 is 46.7 Å². The van der Waals surface area contributed by atoms with E-state index >= 15 is 0 Å². The van der Waals surface area contributed by atoms with E-state index in [4.69, 9.17) is 52.8 Å². The zero-order chi connectivity index (χ0) is 33.3. The fraction of sp³-hybridized carbons (Fsp3) is 0.464. The van der Waals surface area contributed by atoms with Gasteiger partial charge >= 0.3 is 18.1 Å². The highest BCUT2D eigenvalue weighted by atomic mass is 35.5. The summed E-state index contributed by atoms with van der Waals surface area (Å²) in [7, 11) is 0. The third-order valence-electron chi connectivity index (χ3n) is 6.91. The van der Waals surface area contributed by atoms with Crippen LogP contribution in [0.5, 0.6) is 11.5 Å². The number of carbonyl (C=O) groups excluding carboxylic acids is 1. The topological polar surface area (TPSA) is 169 Å². The molecular formula is C28H32Cl2F3N3O9. The molecular weight excluding hydrogens is 650 g/mol. The molecule has 2 heterocycles. The Bertz CT molecular complexity index is 1330. The van der Waals surface area contributed by atoms with Gasteiger partial charge in [-0.1, -0.05) is 23.2 Å². The predicted octanol–water partition coefficient (Wildman–Crippen LogP) is 2.91. The van der Waals surface area contributed by atoms with Crippen LogP contribution in [0, 0.1) is 0 Å². The van der Waals surface area contributed by atoms with Crippen molar-refractivity contribution in [1.29, 1.82) is 0 Å². The number of carbonyl (C=O) groups is 3. The summed E-state index contributed by atoms with van der Waals surface area (Å²) in [5, 5.41) is 40.5. The maximum Gasteiger partial charge on any atom is 0.490 e. The average Bonchev–Trinajstić information content (AvgIpc) is 3.35.